The van der Waals surface area contributed by atoms with Crippen LogP contribution in [0.5, 0.6) is 0 Å². The predicted molar refractivity (Wildman–Crippen MR) is 80.8 cm³/mol. The molecule has 0 atom stereocenters. The topological polar surface area (TPSA) is 69.6 Å². The lowest BCUT2D eigenvalue weighted by molar-refractivity contribution is 0.0955. The van der Waals surface area contributed by atoms with Crippen molar-refractivity contribution >= 4 is 28.7 Å². The van der Waals surface area contributed by atoms with E-state index in [1.54, 1.807) is 37.1 Å². The summed E-state index contributed by atoms with van der Waals surface area (Å²) in [5, 5.41) is 8.94. The molecule has 104 valence electrons. The molecule has 3 heterocycles. The number of fused-ring (bicyclic) bond motifs is 1. The number of carbonyl (C=O) groups is 1. The van der Waals surface area contributed by atoms with E-state index < -0.39 is 0 Å². The molecule has 1 aromatic heterocycles. The van der Waals surface area contributed by atoms with Gasteiger partial charge in [-0.1, -0.05) is 11.8 Å². The van der Waals surface area contributed by atoms with E-state index in [9.17, 15) is 4.79 Å². The fourth-order valence-electron chi connectivity index (χ4n) is 2.10. The normalized spacial score (nSPS) is 16.6. The number of hydrogen-bond acceptors (Lipinski definition) is 6. The van der Waals surface area contributed by atoms with E-state index in [-0.39, 0.29) is 5.91 Å². The van der Waals surface area contributed by atoms with Crippen LogP contribution in [0.4, 0.5) is 5.82 Å². The summed E-state index contributed by atoms with van der Waals surface area (Å²) >= 11 is 1.62. The van der Waals surface area contributed by atoms with Crippen molar-refractivity contribution in [2.24, 2.45) is 4.99 Å². The molecule has 0 unspecified atom stereocenters. The van der Waals surface area contributed by atoms with Crippen LogP contribution in [0.2, 0.25) is 0 Å². The zero-order valence-corrected chi connectivity index (χ0v) is 11.9. The highest BCUT2D eigenvalue weighted by atomic mass is 32.2. The van der Waals surface area contributed by atoms with Crippen LogP contribution in [0.3, 0.4) is 0 Å². The molecule has 2 aliphatic heterocycles. The Hall–Kier alpha value is -2.02. The molecule has 0 bridgehead atoms. The third kappa shape index (κ3) is 2.49. The molecule has 3 rings (SSSR count). The monoisotopic (exact) mass is 289 g/mol. The summed E-state index contributed by atoms with van der Waals surface area (Å²) in [5.41, 5.74) is 1.70. The Labute approximate surface area is 121 Å². The summed E-state index contributed by atoms with van der Waals surface area (Å²) in [6, 6.07) is 3.44. The first-order chi connectivity index (χ1) is 9.78. The number of nitrogens with one attached hydrogen (secondary N) is 2. The number of aromatic nitrogens is 1. The first-order valence-corrected chi connectivity index (χ1v) is 7.25. The fourth-order valence-corrected chi connectivity index (χ4v) is 3.05. The first kappa shape index (κ1) is 13.0. The number of amidine groups is 1. The smallest absolute Gasteiger partial charge is 0.251 e. The largest absolute Gasteiger partial charge is 0.373 e. The number of nitrogens with zero attached hydrogens (tertiary/aromatic N) is 3. The van der Waals surface area contributed by atoms with Gasteiger partial charge < -0.3 is 15.5 Å². The van der Waals surface area contributed by atoms with Crippen LogP contribution in [0, 0.1) is 0 Å². The molecule has 2 N–H and O–H groups in total. The maximum Gasteiger partial charge on any atom is 0.251 e. The van der Waals surface area contributed by atoms with Gasteiger partial charge in [-0.2, -0.15) is 0 Å². The van der Waals surface area contributed by atoms with Crippen molar-refractivity contribution in [3.8, 4) is 0 Å². The van der Waals surface area contributed by atoms with Gasteiger partial charge in [-0.15, -0.1) is 0 Å². The summed E-state index contributed by atoms with van der Waals surface area (Å²) in [7, 11) is 1.78. The molecule has 0 saturated carbocycles. The molecule has 0 spiro atoms. The number of thioether (sulfide) groups is 1. The van der Waals surface area contributed by atoms with Gasteiger partial charge in [0.05, 0.1) is 13.1 Å². The predicted octanol–water partition coefficient (Wildman–Crippen LogP) is 1.11. The summed E-state index contributed by atoms with van der Waals surface area (Å²) in [6.45, 7) is 2.26. The number of hydrogen-bond donors (Lipinski definition) is 2. The van der Waals surface area contributed by atoms with Gasteiger partial charge in [0.25, 0.3) is 5.91 Å². The van der Waals surface area contributed by atoms with Crippen molar-refractivity contribution in [1.82, 2.24) is 15.2 Å². The summed E-state index contributed by atoms with van der Waals surface area (Å²) in [5.74, 6) is 0.585. The van der Waals surface area contributed by atoms with Gasteiger partial charge in [0.2, 0.25) is 0 Å². The summed E-state index contributed by atoms with van der Waals surface area (Å²) in [4.78, 5) is 22.7. The molecule has 0 fully saturated rings. The van der Waals surface area contributed by atoms with Crippen LogP contribution >= 0.6 is 11.8 Å². The van der Waals surface area contributed by atoms with Crippen LogP contribution in [-0.2, 0) is 0 Å². The third-order valence-electron chi connectivity index (χ3n) is 3.16. The number of rotatable bonds is 4. The van der Waals surface area contributed by atoms with Crippen LogP contribution in [-0.4, -0.2) is 47.6 Å². The molecule has 20 heavy (non-hydrogen) atoms. The van der Waals surface area contributed by atoms with Crippen LogP contribution in [0.25, 0.3) is 0 Å². The van der Waals surface area contributed by atoms with Crippen molar-refractivity contribution in [3.05, 3.63) is 35.0 Å². The Balaban J connectivity index is 1.61. The van der Waals surface area contributed by atoms with Crippen LogP contribution in [0.1, 0.15) is 10.4 Å². The standard InChI is InChI=1S/C13H15N5OS/c1-14-11-6-9(2-3-15-11)12(19)17-7-10-8-20-13-16-4-5-18(10)13/h2-3,6,8H,4-5,7H2,1H3,(H,14,15)(H,17,19). The second-order valence-electron chi connectivity index (χ2n) is 4.41. The highest BCUT2D eigenvalue weighted by Gasteiger charge is 2.26. The van der Waals surface area contributed by atoms with E-state index in [1.807, 2.05) is 5.41 Å². The third-order valence-corrected chi connectivity index (χ3v) is 4.11. The average Bonchev–Trinajstić information content (AvgIpc) is 3.08. The maximum absolute atomic E-state index is 12.1. The van der Waals surface area contributed by atoms with E-state index >= 15 is 0 Å². The molecule has 7 heteroatoms. The summed E-state index contributed by atoms with van der Waals surface area (Å²) in [6.07, 6.45) is 1.62. The summed E-state index contributed by atoms with van der Waals surface area (Å²) < 4.78 is 0. The Bertz CT molecular complexity index is 598. The quantitative estimate of drug-likeness (QED) is 0.869. The van der Waals surface area contributed by atoms with Crippen LogP contribution in [0.15, 0.2) is 34.4 Å². The molecule has 0 aliphatic carbocycles. The SMILES string of the molecule is CNc1cc(C(=O)NCC2=CSC3=NCCN23)ccn1. The molecule has 1 amide bonds. The molecular weight excluding hydrogens is 274 g/mol. The van der Waals surface area contributed by atoms with Crippen molar-refractivity contribution in [2.45, 2.75) is 0 Å². The van der Waals surface area contributed by atoms with E-state index in [0.29, 0.717) is 17.9 Å². The Morgan fingerprint density at radius 1 is 1.55 bits per heavy atom. The highest BCUT2D eigenvalue weighted by molar-refractivity contribution is 8.16. The van der Waals surface area contributed by atoms with Gasteiger partial charge >= 0.3 is 0 Å². The number of anilines is 1. The van der Waals surface area contributed by atoms with E-state index in [2.05, 4.69) is 25.5 Å². The maximum atomic E-state index is 12.1. The molecule has 6 nitrogen and oxygen atoms in total. The van der Waals surface area contributed by atoms with E-state index in [4.69, 9.17) is 0 Å². The van der Waals surface area contributed by atoms with E-state index in [1.165, 1.54) is 0 Å². The minimum Gasteiger partial charge on any atom is -0.373 e. The molecular formula is C13H15N5OS. The van der Waals surface area contributed by atoms with Crippen molar-refractivity contribution in [2.75, 3.05) is 32.0 Å². The lowest BCUT2D eigenvalue weighted by Gasteiger charge is -2.16. The van der Waals surface area contributed by atoms with Gasteiger partial charge in [-0.3, -0.25) is 9.79 Å². The second-order valence-corrected chi connectivity index (χ2v) is 5.24. The van der Waals surface area contributed by atoms with Gasteiger partial charge in [0.1, 0.15) is 5.82 Å². The van der Waals surface area contributed by atoms with Gasteiger partial charge in [-0.25, -0.2) is 4.98 Å². The number of aliphatic imine (C=N–C) groups is 1. The Morgan fingerprint density at radius 2 is 2.45 bits per heavy atom. The van der Waals surface area contributed by atoms with Gasteiger partial charge in [0, 0.05) is 36.5 Å². The number of carbonyl (C=O) groups excluding carboxylic acids is 1. The number of pyridine rings is 1. The van der Waals surface area contributed by atoms with Gasteiger partial charge in [-0.05, 0) is 12.1 Å². The zero-order chi connectivity index (χ0) is 13.9. The van der Waals surface area contributed by atoms with Crippen molar-refractivity contribution in [3.63, 3.8) is 0 Å². The molecule has 2 aliphatic rings. The Kier molecular flexibility index (Phi) is 3.60. The van der Waals surface area contributed by atoms with Gasteiger partial charge in [0.15, 0.2) is 5.17 Å². The van der Waals surface area contributed by atoms with Crippen LogP contribution < -0.4 is 10.6 Å². The molecule has 0 saturated heterocycles. The minimum atomic E-state index is -0.0978. The van der Waals surface area contributed by atoms with Crippen molar-refractivity contribution in [1.29, 1.82) is 0 Å². The van der Waals surface area contributed by atoms with Crippen molar-refractivity contribution < 1.29 is 4.79 Å². The molecule has 1 aromatic rings. The number of amides is 1. The van der Waals surface area contributed by atoms with E-state index in [0.717, 1.165) is 24.0 Å². The average molecular weight is 289 g/mol. The minimum absolute atomic E-state index is 0.0978. The molecule has 0 radical (unpaired) electrons. The fraction of sp³-hybridized carbons (Fsp3) is 0.308. The lowest BCUT2D eigenvalue weighted by atomic mass is 10.2. The lowest BCUT2D eigenvalue weighted by Crippen LogP contribution is -2.32. The Morgan fingerprint density at radius 3 is 3.30 bits per heavy atom. The highest BCUT2D eigenvalue weighted by Crippen LogP contribution is 2.28. The zero-order valence-electron chi connectivity index (χ0n) is 11.1. The first-order valence-electron chi connectivity index (χ1n) is 6.37. The molecule has 0 aromatic carbocycles. The second kappa shape index (κ2) is 5.54.